The van der Waals surface area contributed by atoms with E-state index >= 15 is 0 Å². The Kier molecular flexibility index (Phi) is 6.04. The lowest BCUT2D eigenvalue weighted by Gasteiger charge is -2.40. The van der Waals surface area contributed by atoms with Crippen LogP contribution in [0.3, 0.4) is 0 Å². The zero-order valence-electron chi connectivity index (χ0n) is 17.4. The number of aliphatic hydroxyl groups is 1. The van der Waals surface area contributed by atoms with E-state index in [-0.39, 0.29) is 35.5 Å². The first-order valence-electron chi connectivity index (χ1n) is 10.1. The van der Waals surface area contributed by atoms with Crippen molar-refractivity contribution in [3.8, 4) is 10.6 Å². The highest BCUT2D eigenvalue weighted by Crippen LogP contribution is 2.40. The van der Waals surface area contributed by atoms with Crippen molar-refractivity contribution in [1.29, 1.82) is 0 Å². The average Bonchev–Trinajstić information content (AvgIpc) is 3.22. The normalized spacial score (nSPS) is 24.0. The van der Waals surface area contributed by atoms with Gasteiger partial charge in [-0.05, 0) is 31.4 Å². The third-order valence-corrected chi connectivity index (χ3v) is 7.50. The van der Waals surface area contributed by atoms with Crippen LogP contribution in [0.25, 0.3) is 10.6 Å². The van der Waals surface area contributed by atoms with Crippen LogP contribution in [0.5, 0.6) is 0 Å². The molecular formula is C20H21F4N3O4S2. The third-order valence-electron chi connectivity index (χ3n) is 5.88. The maximum atomic E-state index is 14.9. The van der Waals surface area contributed by atoms with E-state index in [4.69, 9.17) is 0 Å². The van der Waals surface area contributed by atoms with Gasteiger partial charge < -0.3 is 10.0 Å². The van der Waals surface area contributed by atoms with Gasteiger partial charge in [0, 0.05) is 23.4 Å². The van der Waals surface area contributed by atoms with E-state index in [1.165, 1.54) is 5.38 Å². The molecule has 1 saturated heterocycles. The van der Waals surface area contributed by atoms with Gasteiger partial charge >= 0.3 is 0 Å². The van der Waals surface area contributed by atoms with Gasteiger partial charge in [0.05, 0.1) is 24.5 Å². The lowest BCUT2D eigenvalue weighted by Crippen LogP contribution is -2.57. The molecule has 2 N–H and O–H groups in total. The number of hydrogen-bond donors (Lipinski definition) is 2. The fourth-order valence-corrected chi connectivity index (χ4v) is 5.78. The van der Waals surface area contributed by atoms with Crippen LogP contribution in [0.4, 0.5) is 17.6 Å². The van der Waals surface area contributed by atoms with Crippen LogP contribution in [-0.2, 0) is 21.2 Å². The molecule has 4 rings (SSSR count). The first kappa shape index (κ1) is 24.0. The quantitative estimate of drug-likeness (QED) is 0.585. The molecule has 1 saturated carbocycles. The van der Waals surface area contributed by atoms with E-state index in [2.05, 4.69) is 4.98 Å². The Morgan fingerprint density at radius 2 is 1.91 bits per heavy atom. The topological polar surface area (TPSA) is 99.6 Å². The van der Waals surface area contributed by atoms with Gasteiger partial charge in [0.1, 0.15) is 28.3 Å². The van der Waals surface area contributed by atoms with E-state index in [9.17, 15) is 35.9 Å². The fraction of sp³-hybridized carbons (Fsp3) is 0.500. The number of likely N-dealkylation sites (tertiary alicyclic amines) is 1. The highest BCUT2D eigenvalue weighted by Gasteiger charge is 2.59. The fourth-order valence-electron chi connectivity index (χ4n) is 4.17. The molecule has 1 aliphatic heterocycles. The molecule has 7 nitrogen and oxygen atoms in total. The summed E-state index contributed by atoms with van der Waals surface area (Å²) >= 11 is 1.03. The molecule has 0 unspecified atom stereocenters. The monoisotopic (exact) mass is 507 g/mol. The molecule has 1 aromatic heterocycles. The minimum Gasteiger partial charge on any atom is -0.380 e. The van der Waals surface area contributed by atoms with Gasteiger partial charge in [-0.15, -0.1) is 11.3 Å². The molecule has 1 aliphatic carbocycles. The van der Waals surface area contributed by atoms with Crippen molar-refractivity contribution in [2.45, 2.75) is 49.3 Å². The van der Waals surface area contributed by atoms with Gasteiger partial charge in [-0.3, -0.25) is 4.79 Å². The summed E-state index contributed by atoms with van der Waals surface area (Å²) in [6, 6.07) is -0.409. The molecule has 2 atom stereocenters. The number of sulfonamides is 1. The second-order valence-corrected chi connectivity index (χ2v) is 11.2. The van der Waals surface area contributed by atoms with Crippen LogP contribution in [0.15, 0.2) is 23.6 Å². The summed E-state index contributed by atoms with van der Waals surface area (Å²) in [5.74, 6) is -6.08. The Labute approximate surface area is 191 Å². The summed E-state index contributed by atoms with van der Waals surface area (Å²) in [5.41, 5.74) is -1.36. The second-order valence-electron chi connectivity index (χ2n) is 8.52. The number of nitrogens with one attached hydrogen (secondary N) is 1. The summed E-state index contributed by atoms with van der Waals surface area (Å²) in [6.07, 6.45) is 1.33. The third kappa shape index (κ3) is 4.91. The van der Waals surface area contributed by atoms with Gasteiger partial charge in [0.2, 0.25) is 10.0 Å². The molecule has 13 heteroatoms. The lowest BCUT2D eigenvalue weighted by atomic mass is 9.79. The lowest BCUT2D eigenvalue weighted by molar-refractivity contribution is -0.162. The van der Waals surface area contributed by atoms with Gasteiger partial charge in [-0.1, -0.05) is 0 Å². The standard InChI is InChI=1S/C20H21F4N3O4S2/c1-33(30,31)26-16-15(27(10-20(16,23)24)18(28)19(29)3-2-4-19)8-14-9-32-17(25-14)11-5-12(21)7-13(22)6-11/h5-7,9,15-16,26,29H,2-4,8,10H2,1H3/t15-,16+/m0/s1. The van der Waals surface area contributed by atoms with E-state index in [1.807, 2.05) is 4.72 Å². The summed E-state index contributed by atoms with van der Waals surface area (Å²) in [7, 11) is -4.06. The number of thiazole rings is 1. The van der Waals surface area contributed by atoms with Crippen molar-refractivity contribution < 1.29 is 35.9 Å². The molecule has 180 valence electrons. The number of hydrogen-bond acceptors (Lipinski definition) is 6. The number of alkyl halides is 2. The van der Waals surface area contributed by atoms with Crippen LogP contribution in [0, 0.1) is 11.6 Å². The number of aromatic nitrogens is 1. The number of carbonyl (C=O) groups is 1. The Balaban J connectivity index is 1.66. The van der Waals surface area contributed by atoms with Crippen molar-refractivity contribution in [2.24, 2.45) is 0 Å². The number of carbonyl (C=O) groups excluding carboxylic acids is 1. The minimum atomic E-state index is -4.06. The minimum absolute atomic E-state index is 0.136. The van der Waals surface area contributed by atoms with E-state index in [0.29, 0.717) is 12.5 Å². The predicted octanol–water partition coefficient (Wildman–Crippen LogP) is 2.31. The Bertz CT molecular complexity index is 1160. The largest absolute Gasteiger partial charge is 0.380 e. The smallest absolute Gasteiger partial charge is 0.283 e. The molecule has 1 amide bonds. The van der Waals surface area contributed by atoms with Crippen molar-refractivity contribution in [3.05, 3.63) is 40.9 Å². The molecule has 2 heterocycles. The van der Waals surface area contributed by atoms with E-state index in [1.54, 1.807) is 0 Å². The zero-order chi connectivity index (χ0) is 24.2. The first-order valence-corrected chi connectivity index (χ1v) is 12.8. The van der Waals surface area contributed by atoms with Crippen LogP contribution < -0.4 is 4.72 Å². The summed E-state index contributed by atoms with van der Waals surface area (Å²) in [5, 5.41) is 12.2. The van der Waals surface area contributed by atoms with Crippen LogP contribution in [-0.4, -0.2) is 65.7 Å². The zero-order valence-corrected chi connectivity index (χ0v) is 19.0. The summed E-state index contributed by atoms with van der Waals surface area (Å²) < 4.78 is 82.3. The average molecular weight is 508 g/mol. The van der Waals surface area contributed by atoms with Crippen molar-refractivity contribution in [3.63, 3.8) is 0 Å². The van der Waals surface area contributed by atoms with Crippen molar-refractivity contribution >= 4 is 27.3 Å². The maximum absolute atomic E-state index is 14.9. The van der Waals surface area contributed by atoms with Gasteiger partial charge in [-0.2, -0.15) is 0 Å². The molecule has 2 fully saturated rings. The van der Waals surface area contributed by atoms with Crippen LogP contribution >= 0.6 is 11.3 Å². The predicted molar refractivity (Wildman–Crippen MR) is 112 cm³/mol. The molecule has 2 aromatic rings. The summed E-state index contributed by atoms with van der Waals surface area (Å²) in [4.78, 5) is 18.0. The number of amides is 1. The first-order chi connectivity index (χ1) is 15.3. The second kappa shape index (κ2) is 8.29. The summed E-state index contributed by atoms with van der Waals surface area (Å²) in [6.45, 7) is -1.06. The highest BCUT2D eigenvalue weighted by molar-refractivity contribution is 7.88. The number of rotatable bonds is 6. The van der Waals surface area contributed by atoms with Gasteiger partial charge in [0.15, 0.2) is 0 Å². The molecule has 1 aromatic carbocycles. The maximum Gasteiger partial charge on any atom is 0.283 e. The molecule has 33 heavy (non-hydrogen) atoms. The number of benzene rings is 1. The Morgan fingerprint density at radius 3 is 2.45 bits per heavy atom. The molecule has 0 radical (unpaired) electrons. The SMILES string of the molecule is CS(=O)(=O)N[C@@H]1[C@H](Cc2csc(-c3cc(F)cc(F)c3)n2)N(C(=O)C2(O)CCC2)CC1(F)F. The van der Waals surface area contributed by atoms with Crippen LogP contribution in [0.2, 0.25) is 0 Å². The van der Waals surface area contributed by atoms with Gasteiger partial charge in [0.25, 0.3) is 11.8 Å². The van der Waals surface area contributed by atoms with E-state index in [0.717, 1.165) is 34.6 Å². The number of nitrogens with zero attached hydrogens (tertiary/aromatic N) is 2. The Hall–Kier alpha value is -2.09. The van der Waals surface area contributed by atoms with Gasteiger partial charge in [-0.25, -0.2) is 35.7 Å². The molecule has 2 aliphatic rings. The Morgan fingerprint density at radius 1 is 1.27 bits per heavy atom. The molecule has 0 spiro atoms. The highest BCUT2D eigenvalue weighted by atomic mass is 32.2. The molecule has 0 bridgehead atoms. The molecular weight excluding hydrogens is 486 g/mol. The van der Waals surface area contributed by atoms with E-state index < -0.39 is 57.7 Å². The van der Waals surface area contributed by atoms with Crippen molar-refractivity contribution in [1.82, 2.24) is 14.6 Å². The van der Waals surface area contributed by atoms with Crippen LogP contribution in [0.1, 0.15) is 25.0 Å². The number of halogens is 4. The van der Waals surface area contributed by atoms with Crippen molar-refractivity contribution in [2.75, 3.05) is 12.8 Å².